The summed E-state index contributed by atoms with van der Waals surface area (Å²) in [5, 5.41) is 27.4. The van der Waals surface area contributed by atoms with E-state index in [4.69, 9.17) is 10.2 Å². The Labute approximate surface area is 80.4 Å². The van der Waals surface area contributed by atoms with Crippen LogP contribution in [0, 0.1) is 11.8 Å². The van der Waals surface area contributed by atoms with Crippen LogP contribution in [0.4, 0.5) is 0 Å². The van der Waals surface area contributed by atoms with Gasteiger partial charge >= 0.3 is 0 Å². The van der Waals surface area contributed by atoms with Crippen molar-refractivity contribution in [3.8, 4) is 0 Å². The van der Waals surface area contributed by atoms with Gasteiger partial charge in [-0.3, -0.25) is 0 Å². The van der Waals surface area contributed by atoms with Gasteiger partial charge in [-0.25, -0.2) is 0 Å². The SMILES string of the molecule is CC(O)CCC(C(C)C)C(O)CO. The van der Waals surface area contributed by atoms with Crippen molar-refractivity contribution >= 4 is 0 Å². The summed E-state index contributed by atoms with van der Waals surface area (Å²) in [6, 6.07) is 0. The minimum Gasteiger partial charge on any atom is -0.394 e. The zero-order valence-electron chi connectivity index (χ0n) is 8.77. The van der Waals surface area contributed by atoms with E-state index in [-0.39, 0.29) is 18.6 Å². The Hall–Kier alpha value is -0.120. The van der Waals surface area contributed by atoms with Crippen LogP contribution in [-0.2, 0) is 0 Å². The molecule has 3 atom stereocenters. The van der Waals surface area contributed by atoms with Gasteiger partial charge in [-0.1, -0.05) is 13.8 Å². The molecule has 0 aliphatic rings. The molecular weight excluding hydrogens is 168 g/mol. The molecule has 3 heteroatoms. The fourth-order valence-electron chi connectivity index (χ4n) is 1.54. The van der Waals surface area contributed by atoms with E-state index in [2.05, 4.69) is 0 Å². The molecule has 0 bridgehead atoms. The van der Waals surface area contributed by atoms with Gasteiger partial charge in [0.25, 0.3) is 0 Å². The van der Waals surface area contributed by atoms with E-state index in [1.54, 1.807) is 6.92 Å². The molecule has 0 spiro atoms. The Balaban J connectivity index is 3.95. The summed E-state index contributed by atoms with van der Waals surface area (Å²) in [5.41, 5.74) is 0. The Kier molecular flexibility index (Phi) is 6.29. The molecule has 0 aliphatic heterocycles. The highest BCUT2D eigenvalue weighted by molar-refractivity contribution is 4.72. The van der Waals surface area contributed by atoms with Crippen molar-refractivity contribution in [2.45, 2.75) is 45.8 Å². The molecule has 0 aromatic carbocycles. The van der Waals surface area contributed by atoms with Crippen LogP contribution in [-0.4, -0.2) is 34.1 Å². The van der Waals surface area contributed by atoms with Crippen molar-refractivity contribution in [1.82, 2.24) is 0 Å². The Morgan fingerprint density at radius 2 is 1.54 bits per heavy atom. The van der Waals surface area contributed by atoms with Gasteiger partial charge in [0, 0.05) is 0 Å². The Morgan fingerprint density at radius 1 is 1.00 bits per heavy atom. The first-order chi connectivity index (χ1) is 5.99. The number of rotatable bonds is 6. The van der Waals surface area contributed by atoms with E-state index in [0.717, 1.165) is 6.42 Å². The van der Waals surface area contributed by atoms with Crippen molar-refractivity contribution in [2.75, 3.05) is 6.61 Å². The highest BCUT2D eigenvalue weighted by Crippen LogP contribution is 2.21. The molecule has 0 amide bonds. The third-order valence-corrected chi connectivity index (χ3v) is 2.46. The quantitative estimate of drug-likeness (QED) is 0.580. The fourth-order valence-corrected chi connectivity index (χ4v) is 1.54. The third-order valence-electron chi connectivity index (χ3n) is 2.46. The van der Waals surface area contributed by atoms with E-state index >= 15 is 0 Å². The summed E-state index contributed by atoms with van der Waals surface area (Å²) in [6.45, 7) is 5.59. The van der Waals surface area contributed by atoms with Gasteiger partial charge in [0.15, 0.2) is 0 Å². The summed E-state index contributed by atoms with van der Waals surface area (Å²) in [7, 11) is 0. The Bertz CT molecular complexity index is 123. The smallest absolute Gasteiger partial charge is 0.0801 e. The average Bonchev–Trinajstić information content (AvgIpc) is 2.03. The molecule has 0 radical (unpaired) electrons. The van der Waals surface area contributed by atoms with E-state index < -0.39 is 6.10 Å². The fraction of sp³-hybridized carbons (Fsp3) is 1.00. The van der Waals surface area contributed by atoms with Crippen LogP contribution < -0.4 is 0 Å². The van der Waals surface area contributed by atoms with Crippen LogP contribution >= 0.6 is 0 Å². The van der Waals surface area contributed by atoms with Crippen LogP contribution in [0.15, 0.2) is 0 Å². The minimum atomic E-state index is -0.654. The number of aliphatic hydroxyl groups is 3. The summed E-state index contributed by atoms with van der Waals surface area (Å²) < 4.78 is 0. The average molecular weight is 190 g/mol. The van der Waals surface area contributed by atoms with Gasteiger partial charge in [0.05, 0.1) is 18.8 Å². The lowest BCUT2D eigenvalue weighted by Gasteiger charge is -2.25. The van der Waals surface area contributed by atoms with Crippen LogP contribution in [0.1, 0.15) is 33.6 Å². The molecule has 80 valence electrons. The maximum atomic E-state index is 9.47. The summed E-state index contributed by atoms with van der Waals surface area (Å²) in [4.78, 5) is 0. The molecule has 0 saturated heterocycles. The summed E-state index contributed by atoms with van der Waals surface area (Å²) in [5.74, 6) is 0.417. The predicted molar refractivity (Wildman–Crippen MR) is 52.3 cm³/mol. The van der Waals surface area contributed by atoms with Gasteiger partial charge < -0.3 is 15.3 Å². The standard InChI is InChI=1S/C10H22O3/c1-7(2)9(10(13)6-11)5-4-8(3)12/h7-13H,4-6H2,1-3H3. The first kappa shape index (κ1) is 12.9. The molecule has 3 N–H and O–H groups in total. The molecule has 0 aromatic heterocycles. The monoisotopic (exact) mass is 190 g/mol. The molecular formula is C10H22O3. The maximum Gasteiger partial charge on any atom is 0.0801 e. The lowest BCUT2D eigenvalue weighted by molar-refractivity contribution is 0.0195. The summed E-state index contributed by atoms with van der Waals surface area (Å²) in [6.07, 6.45) is 0.461. The van der Waals surface area contributed by atoms with Crippen LogP contribution in [0.25, 0.3) is 0 Å². The van der Waals surface area contributed by atoms with Crippen molar-refractivity contribution in [2.24, 2.45) is 11.8 Å². The van der Waals surface area contributed by atoms with Gasteiger partial charge in [0.2, 0.25) is 0 Å². The lowest BCUT2D eigenvalue weighted by Crippen LogP contribution is -2.29. The first-order valence-electron chi connectivity index (χ1n) is 4.96. The molecule has 0 aromatic rings. The largest absolute Gasteiger partial charge is 0.394 e. The summed E-state index contributed by atoms with van der Waals surface area (Å²) >= 11 is 0. The highest BCUT2D eigenvalue weighted by Gasteiger charge is 2.21. The van der Waals surface area contributed by atoms with E-state index in [9.17, 15) is 5.11 Å². The second-order valence-corrected chi connectivity index (χ2v) is 4.08. The molecule has 0 heterocycles. The molecule has 3 unspecified atom stereocenters. The molecule has 0 aliphatic carbocycles. The van der Waals surface area contributed by atoms with Gasteiger partial charge in [-0.05, 0) is 31.6 Å². The topological polar surface area (TPSA) is 60.7 Å². The number of aliphatic hydroxyl groups excluding tert-OH is 3. The third kappa shape index (κ3) is 5.24. The van der Waals surface area contributed by atoms with Gasteiger partial charge in [-0.2, -0.15) is 0 Å². The zero-order valence-corrected chi connectivity index (χ0v) is 8.77. The van der Waals surface area contributed by atoms with E-state index in [1.807, 2.05) is 13.8 Å². The second kappa shape index (κ2) is 6.35. The van der Waals surface area contributed by atoms with Crippen molar-refractivity contribution in [3.63, 3.8) is 0 Å². The first-order valence-corrected chi connectivity index (χ1v) is 4.96. The van der Waals surface area contributed by atoms with Crippen LogP contribution in [0.5, 0.6) is 0 Å². The molecule has 3 nitrogen and oxygen atoms in total. The highest BCUT2D eigenvalue weighted by atomic mass is 16.3. The number of hydrogen-bond donors (Lipinski definition) is 3. The molecule has 13 heavy (non-hydrogen) atoms. The van der Waals surface area contributed by atoms with Crippen LogP contribution in [0.2, 0.25) is 0 Å². The number of hydrogen-bond acceptors (Lipinski definition) is 3. The van der Waals surface area contributed by atoms with E-state index in [1.165, 1.54) is 0 Å². The normalized spacial score (nSPS) is 18.7. The predicted octanol–water partition coefficient (Wildman–Crippen LogP) is 0.773. The van der Waals surface area contributed by atoms with E-state index in [0.29, 0.717) is 12.3 Å². The molecule has 0 rings (SSSR count). The second-order valence-electron chi connectivity index (χ2n) is 4.08. The van der Waals surface area contributed by atoms with Crippen molar-refractivity contribution < 1.29 is 15.3 Å². The van der Waals surface area contributed by atoms with Crippen molar-refractivity contribution in [3.05, 3.63) is 0 Å². The van der Waals surface area contributed by atoms with Crippen molar-refractivity contribution in [1.29, 1.82) is 0 Å². The minimum absolute atomic E-state index is 0.0830. The van der Waals surface area contributed by atoms with Gasteiger partial charge in [-0.15, -0.1) is 0 Å². The Morgan fingerprint density at radius 3 is 1.85 bits per heavy atom. The van der Waals surface area contributed by atoms with Crippen LogP contribution in [0.3, 0.4) is 0 Å². The zero-order chi connectivity index (χ0) is 10.4. The van der Waals surface area contributed by atoms with Gasteiger partial charge in [0.1, 0.15) is 0 Å². The maximum absolute atomic E-state index is 9.47. The lowest BCUT2D eigenvalue weighted by atomic mass is 9.86. The molecule has 0 saturated carbocycles. The molecule has 0 fully saturated rings.